The van der Waals surface area contributed by atoms with Gasteiger partial charge < -0.3 is 10.3 Å². The van der Waals surface area contributed by atoms with E-state index in [4.69, 9.17) is 0 Å². The van der Waals surface area contributed by atoms with E-state index in [1.165, 1.54) is 12.1 Å². The SMILES string of the molecule is C=CCCNc1nc2ccc([N+](=O)[O-])cc2[nH]1. The van der Waals surface area contributed by atoms with Gasteiger partial charge in [0.1, 0.15) is 0 Å². The maximum atomic E-state index is 10.6. The van der Waals surface area contributed by atoms with Crippen LogP contribution in [-0.2, 0) is 0 Å². The molecule has 6 nitrogen and oxygen atoms in total. The van der Waals surface area contributed by atoms with Crippen molar-refractivity contribution in [1.29, 1.82) is 0 Å². The number of imidazole rings is 1. The summed E-state index contributed by atoms with van der Waals surface area (Å²) in [5, 5.41) is 13.7. The first-order valence-corrected chi connectivity index (χ1v) is 5.19. The molecule has 0 bridgehead atoms. The number of nitro benzene ring substituents is 1. The number of non-ortho nitro benzene ring substituents is 1. The highest BCUT2D eigenvalue weighted by Crippen LogP contribution is 2.20. The second kappa shape index (κ2) is 4.65. The third-order valence-corrected chi connectivity index (χ3v) is 2.32. The molecule has 1 heterocycles. The van der Waals surface area contributed by atoms with Gasteiger partial charge in [0.15, 0.2) is 0 Å². The maximum Gasteiger partial charge on any atom is 0.271 e. The summed E-state index contributed by atoms with van der Waals surface area (Å²) in [6.07, 6.45) is 2.64. The molecule has 1 aromatic carbocycles. The molecule has 0 fully saturated rings. The molecule has 6 heteroatoms. The van der Waals surface area contributed by atoms with E-state index in [1.807, 2.05) is 0 Å². The second-order valence-electron chi connectivity index (χ2n) is 3.55. The highest BCUT2D eigenvalue weighted by molar-refractivity contribution is 5.79. The fraction of sp³-hybridized carbons (Fsp3) is 0.182. The molecule has 2 aromatic rings. The molecule has 0 atom stereocenters. The number of aromatic nitrogens is 2. The summed E-state index contributed by atoms with van der Waals surface area (Å²) in [4.78, 5) is 17.4. The van der Waals surface area contributed by atoms with Crippen molar-refractivity contribution in [2.24, 2.45) is 0 Å². The number of nitro groups is 1. The summed E-state index contributed by atoms with van der Waals surface area (Å²) in [6, 6.07) is 4.54. The van der Waals surface area contributed by atoms with Gasteiger partial charge in [0.05, 0.1) is 16.0 Å². The van der Waals surface area contributed by atoms with E-state index in [9.17, 15) is 10.1 Å². The van der Waals surface area contributed by atoms with Gasteiger partial charge in [-0.1, -0.05) is 6.08 Å². The van der Waals surface area contributed by atoms with Crippen molar-refractivity contribution < 1.29 is 4.92 Å². The molecule has 0 saturated carbocycles. The van der Waals surface area contributed by atoms with Gasteiger partial charge in [0.25, 0.3) is 5.69 Å². The monoisotopic (exact) mass is 232 g/mol. The van der Waals surface area contributed by atoms with Crippen LogP contribution in [0.1, 0.15) is 6.42 Å². The number of H-pyrrole nitrogens is 1. The largest absolute Gasteiger partial charge is 0.355 e. The molecule has 1 aromatic heterocycles. The van der Waals surface area contributed by atoms with Crippen molar-refractivity contribution >= 4 is 22.7 Å². The van der Waals surface area contributed by atoms with Crippen LogP contribution in [0.2, 0.25) is 0 Å². The van der Waals surface area contributed by atoms with Crippen LogP contribution < -0.4 is 5.32 Å². The van der Waals surface area contributed by atoms with Crippen molar-refractivity contribution in [2.45, 2.75) is 6.42 Å². The number of benzene rings is 1. The lowest BCUT2D eigenvalue weighted by Gasteiger charge is -1.97. The van der Waals surface area contributed by atoms with Crippen molar-refractivity contribution in [2.75, 3.05) is 11.9 Å². The molecule has 0 aliphatic heterocycles. The average Bonchev–Trinajstić information content (AvgIpc) is 2.70. The summed E-state index contributed by atoms with van der Waals surface area (Å²) in [6.45, 7) is 4.35. The number of nitrogens with zero attached hydrogens (tertiary/aromatic N) is 2. The van der Waals surface area contributed by atoms with Crippen LogP contribution in [0, 0.1) is 10.1 Å². The van der Waals surface area contributed by atoms with E-state index < -0.39 is 4.92 Å². The van der Waals surface area contributed by atoms with Crippen LogP contribution in [0.5, 0.6) is 0 Å². The van der Waals surface area contributed by atoms with Crippen molar-refractivity contribution in [3.05, 3.63) is 41.0 Å². The summed E-state index contributed by atoms with van der Waals surface area (Å²) in [5.74, 6) is 0.613. The van der Waals surface area contributed by atoms with Gasteiger partial charge in [0.2, 0.25) is 5.95 Å². The highest BCUT2D eigenvalue weighted by Gasteiger charge is 2.08. The molecule has 2 N–H and O–H groups in total. The summed E-state index contributed by atoms with van der Waals surface area (Å²) < 4.78 is 0. The van der Waals surface area contributed by atoms with Crippen LogP contribution in [0.15, 0.2) is 30.9 Å². The van der Waals surface area contributed by atoms with Gasteiger partial charge in [0, 0.05) is 18.7 Å². The number of aromatic amines is 1. The molecule has 0 aliphatic carbocycles. The Morgan fingerprint density at radius 2 is 2.41 bits per heavy atom. The fourth-order valence-electron chi connectivity index (χ4n) is 1.49. The molecule has 0 aliphatic rings. The molecule has 0 unspecified atom stereocenters. The highest BCUT2D eigenvalue weighted by atomic mass is 16.6. The molecule has 0 saturated heterocycles. The first-order valence-electron chi connectivity index (χ1n) is 5.19. The number of rotatable bonds is 5. The standard InChI is InChI=1S/C11H12N4O2/c1-2-3-6-12-11-13-9-5-4-8(15(16)17)7-10(9)14-11/h2,4-5,7H,1,3,6H2,(H2,12,13,14). The van der Waals surface area contributed by atoms with Gasteiger partial charge in [-0.3, -0.25) is 10.1 Å². The zero-order valence-electron chi connectivity index (χ0n) is 9.14. The lowest BCUT2D eigenvalue weighted by Crippen LogP contribution is -2.01. The fourth-order valence-corrected chi connectivity index (χ4v) is 1.49. The minimum atomic E-state index is -0.426. The molecule has 0 radical (unpaired) electrons. The molecule has 0 amide bonds. The van der Waals surface area contributed by atoms with Crippen molar-refractivity contribution in [3.8, 4) is 0 Å². The molecule has 17 heavy (non-hydrogen) atoms. The van der Waals surface area contributed by atoms with Crippen LogP contribution >= 0.6 is 0 Å². The lowest BCUT2D eigenvalue weighted by molar-refractivity contribution is -0.384. The van der Waals surface area contributed by atoms with E-state index in [0.29, 0.717) is 17.0 Å². The van der Waals surface area contributed by atoms with E-state index in [0.717, 1.165) is 13.0 Å². The molecular formula is C11H12N4O2. The van der Waals surface area contributed by atoms with E-state index in [2.05, 4.69) is 21.9 Å². The van der Waals surface area contributed by atoms with E-state index in [-0.39, 0.29) is 5.69 Å². The quantitative estimate of drug-likeness (QED) is 0.359. The molecule has 0 spiro atoms. The maximum absolute atomic E-state index is 10.6. The molecular weight excluding hydrogens is 220 g/mol. The van der Waals surface area contributed by atoms with Crippen LogP contribution in [0.3, 0.4) is 0 Å². The number of anilines is 1. The van der Waals surface area contributed by atoms with Crippen molar-refractivity contribution in [1.82, 2.24) is 9.97 Å². The average molecular weight is 232 g/mol. The van der Waals surface area contributed by atoms with E-state index >= 15 is 0 Å². The first kappa shape index (κ1) is 11.1. The molecule has 88 valence electrons. The minimum absolute atomic E-state index is 0.0544. The predicted octanol–water partition coefficient (Wildman–Crippen LogP) is 2.46. The number of nitrogens with one attached hydrogen (secondary N) is 2. The normalized spacial score (nSPS) is 10.4. The second-order valence-corrected chi connectivity index (χ2v) is 3.55. The Morgan fingerprint density at radius 1 is 1.59 bits per heavy atom. The Bertz CT molecular complexity index is 562. The van der Waals surface area contributed by atoms with E-state index in [1.54, 1.807) is 12.1 Å². The minimum Gasteiger partial charge on any atom is -0.355 e. The van der Waals surface area contributed by atoms with Crippen LogP contribution in [-0.4, -0.2) is 21.4 Å². The predicted molar refractivity (Wildman–Crippen MR) is 66.1 cm³/mol. The van der Waals surface area contributed by atoms with Gasteiger partial charge in [-0.25, -0.2) is 4.98 Å². The number of hydrogen-bond donors (Lipinski definition) is 2. The zero-order valence-corrected chi connectivity index (χ0v) is 9.14. The topological polar surface area (TPSA) is 83.8 Å². The molecule has 2 rings (SSSR count). The third-order valence-electron chi connectivity index (χ3n) is 2.32. The third kappa shape index (κ3) is 2.41. The Kier molecular flexibility index (Phi) is 3.04. The van der Waals surface area contributed by atoms with Gasteiger partial charge in [-0.05, 0) is 12.5 Å². The number of hydrogen-bond acceptors (Lipinski definition) is 4. The first-order chi connectivity index (χ1) is 8.20. The summed E-state index contributed by atoms with van der Waals surface area (Å²) in [7, 11) is 0. The smallest absolute Gasteiger partial charge is 0.271 e. The zero-order chi connectivity index (χ0) is 12.3. The summed E-state index contributed by atoms with van der Waals surface area (Å²) in [5.41, 5.74) is 1.41. The van der Waals surface area contributed by atoms with Crippen LogP contribution in [0.25, 0.3) is 11.0 Å². The Hall–Kier alpha value is -2.37. The Balaban J connectivity index is 2.24. The van der Waals surface area contributed by atoms with Gasteiger partial charge in [-0.2, -0.15) is 0 Å². The van der Waals surface area contributed by atoms with Gasteiger partial charge in [-0.15, -0.1) is 6.58 Å². The van der Waals surface area contributed by atoms with Crippen molar-refractivity contribution in [3.63, 3.8) is 0 Å². The Labute approximate surface area is 97.5 Å². The summed E-state index contributed by atoms with van der Waals surface area (Å²) >= 11 is 0. The number of fused-ring (bicyclic) bond motifs is 1. The van der Waals surface area contributed by atoms with Crippen LogP contribution in [0.4, 0.5) is 11.6 Å². The Morgan fingerprint density at radius 3 is 3.12 bits per heavy atom. The lowest BCUT2D eigenvalue weighted by atomic mass is 10.3. The van der Waals surface area contributed by atoms with Gasteiger partial charge >= 0.3 is 0 Å².